The van der Waals surface area contributed by atoms with Crippen molar-refractivity contribution >= 4 is 11.7 Å². The first-order valence-electron chi connectivity index (χ1n) is 16.0. The minimum Gasteiger partial charge on any atom is -0.497 e. The molecule has 2 heterocycles. The highest BCUT2D eigenvalue weighted by Gasteiger charge is 2.49. The van der Waals surface area contributed by atoms with Crippen LogP contribution < -0.4 is 14.8 Å². The first-order chi connectivity index (χ1) is 20.4. The molecule has 2 aromatic rings. The smallest absolute Gasteiger partial charge is 0.220 e. The summed E-state index contributed by atoms with van der Waals surface area (Å²) < 4.78 is 11.0. The Kier molecular flexibility index (Phi) is 12.3. The second-order valence-electron chi connectivity index (χ2n) is 12.1. The summed E-state index contributed by atoms with van der Waals surface area (Å²) in [7, 11) is 1.61. The molecule has 7 nitrogen and oxygen atoms in total. The molecule has 42 heavy (non-hydrogen) atoms. The maximum Gasteiger partial charge on any atom is 0.220 e. The van der Waals surface area contributed by atoms with E-state index < -0.39 is 12.1 Å². The molecule has 2 N–H and O–H groups in total. The second kappa shape index (κ2) is 16.1. The molecule has 1 unspecified atom stereocenters. The van der Waals surface area contributed by atoms with E-state index in [0.717, 1.165) is 42.2 Å². The van der Waals surface area contributed by atoms with Gasteiger partial charge in [-0.15, -0.1) is 0 Å². The van der Waals surface area contributed by atoms with Crippen molar-refractivity contribution in [3.8, 4) is 11.5 Å². The zero-order valence-electron chi connectivity index (χ0n) is 25.7. The average Bonchev–Trinajstić information content (AvgIpc) is 3.46. The average molecular weight is 579 g/mol. The Morgan fingerprint density at radius 2 is 1.60 bits per heavy atom. The van der Waals surface area contributed by atoms with Gasteiger partial charge in [0.05, 0.1) is 19.8 Å². The summed E-state index contributed by atoms with van der Waals surface area (Å²) in [6.45, 7) is 5.81. The molecule has 7 heteroatoms. The molecule has 0 radical (unpaired) electrons. The van der Waals surface area contributed by atoms with Gasteiger partial charge >= 0.3 is 0 Å². The van der Waals surface area contributed by atoms with E-state index in [4.69, 9.17) is 9.47 Å². The van der Waals surface area contributed by atoms with Crippen molar-refractivity contribution in [2.75, 3.05) is 20.3 Å². The number of ether oxygens (including phenoxy) is 2. The Hall–Kier alpha value is -2.90. The van der Waals surface area contributed by atoms with Crippen LogP contribution in [0.4, 0.5) is 0 Å². The van der Waals surface area contributed by atoms with E-state index in [9.17, 15) is 14.7 Å². The molecule has 3 fully saturated rings. The van der Waals surface area contributed by atoms with Crippen LogP contribution in [0.3, 0.4) is 0 Å². The van der Waals surface area contributed by atoms with Gasteiger partial charge in [0.2, 0.25) is 5.91 Å². The van der Waals surface area contributed by atoms with Crippen LogP contribution in [0.2, 0.25) is 0 Å². The van der Waals surface area contributed by atoms with Crippen molar-refractivity contribution in [1.29, 1.82) is 0 Å². The van der Waals surface area contributed by atoms with Gasteiger partial charge in [-0.05, 0) is 86.9 Å². The highest BCUT2D eigenvalue weighted by molar-refractivity contribution is 5.96. The number of hydrogen-bond acceptors (Lipinski definition) is 6. The summed E-state index contributed by atoms with van der Waals surface area (Å²) in [4.78, 5) is 28.0. The largest absolute Gasteiger partial charge is 0.497 e. The quantitative estimate of drug-likeness (QED) is 0.146. The van der Waals surface area contributed by atoms with E-state index in [2.05, 4.69) is 24.1 Å². The number of amides is 1. The summed E-state index contributed by atoms with van der Waals surface area (Å²) in [6, 6.07) is 15.5. The number of aliphatic hydroxyl groups excluding tert-OH is 1. The van der Waals surface area contributed by atoms with Gasteiger partial charge in [-0.2, -0.15) is 0 Å². The van der Waals surface area contributed by atoms with Gasteiger partial charge in [-0.1, -0.05) is 44.7 Å². The summed E-state index contributed by atoms with van der Waals surface area (Å²) in [5, 5.41) is 14.6. The third kappa shape index (κ3) is 8.81. The van der Waals surface area contributed by atoms with Gasteiger partial charge < -0.3 is 19.9 Å². The number of carbonyl (C=O) groups is 2. The van der Waals surface area contributed by atoms with Crippen molar-refractivity contribution in [2.24, 2.45) is 5.92 Å². The van der Waals surface area contributed by atoms with Crippen LogP contribution in [0.1, 0.15) is 107 Å². The molecule has 0 spiro atoms. The Morgan fingerprint density at radius 1 is 0.929 bits per heavy atom. The maximum absolute atomic E-state index is 13.0. The SMILES string of the molecule is CCCCCCOc1ccc([C@@H](O)[C@@H](CN2C3CC(C3)C2C)NC(=O)CCCCCC(=O)c2ccc(OC)cc2)cc1. The number of aliphatic hydroxyl groups is 1. The van der Waals surface area contributed by atoms with Gasteiger partial charge in [0.15, 0.2) is 5.78 Å². The van der Waals surface area contributed by atoms with E-state index in [1.54, 1.807) is 31.4 Å². The first-order valence-corrected chi connectivity index (χ1v) is 16.0. The van der Waals surface area contributed by atoms with Crippen LogP contribution in [-0.2, 0) is 4.79 Å². The van der Waals surface area contributed by atoms with Crippen LogP contribution in [0, 0.1) is 5.92 Å². The predicted octanol–water partition coefficient (Wildman–Crippen LogP) is 6.49. The molecule has 3 aliphatic rings. The molecule has 2 saturated heterocycles. The van der Waals surface area contributed by atoms with Crippen LogP contribution in [0.15, 0.2) is 48.5 Å². The lowest BCUT2D eigenvalue weighted by atomic mass is 9.83. The number of Topliss-reactive ketones (excluding diaryl/α,β-unsaturated/α-hetero) is 1. The van der Waals surface area contributed by atoms with Crippen LogP contribution >= 0.6 is 0 Å². The molecular weight excluding hydrogens is 528 g/mol. The van der Waals surface area contributed by atoms with Gasteiger partial charge in [-0.3, -0.25) is 14.5 Å². The van der Waals surface area contributed by atoms with Crippen molar-refractivity contribution in [3.63, 3.8) is 0 Å². The number of ketones is 1. The summed E-state index contributed by atoms with van der Waals surface area (Å²) in [5.74, 6) is 2.33. The van der Waals surface area contributed by atoms with E-state index in [-0.39, 0.29) is 11.7 Å². The highest BCUT2D eigenvalue weighted by Crippen LogP contribution is 2.45. The number of methoxy groups -OCH3 is 1. The number of hydrogen-bond donors (Lipinski definition) is 2. The van der Waals surface area contributed by atoms with Crippen LogP contribution in [0.5, 0.6) is 11.5 Å². The van der Waals surface area contributed by atoms with Gasteiger partial charge in [0.25, 0.3) is 0 Å². The Bertz CT molecular complexity index is 1110. The van der Waals surface area contributed by atoms with E-state index in [0.29, 0.717) is 50.1 Å². The molecule has 1 amide bonds. The summed E-state index contributed by atoms with van der Waals surface area (Å²) in [6.07, 6.45) is 9.37. The van der Waals surface area contributed by atoms with Crippen molar-refractivity contribution < 1.29 is 24.2 Å². The highest BCUT2D eigenvalue weighted by atomic mass is 16.5. The van der Waals surface area contributed by atoms with Gasteiger partial charge in [0, 0.05) is 37.0 Å². The van der Waals surface area contributed by atoms with Crippen LogP contribution in [0.25, 0.3) is 0 Å². The molecule has 230 valence electrons. The third-order valence-electron chi connectivity index (χ3n) is 9.17. The van der Waals surface area contributed by atoms with E-state index in [1.165, 1.54) is 32.1 Å². The zero-order chi connectivity index (χ0) is 29.9. The maximum atomic E-state index is 13.0. The lowest BCUT2D eigenvalue weighted by molar-refractivity contribution is -0.123. The predicted molar refractivity (Wildman–Crippen MR) is 166 cm³/mol. The molecule has 0 aromatic heterocycles. The number of nitrogens with one attached hydrogen (secondary N) is 1. The lowest BCUT2D eigenvalue weighted by Gasteiger charge is -2.32. The first kappa shape index (κ1) is 32.0. The van der Waals surface area contributed by atoms with Crippen molar-refractivity contribution in [3.05, 3.63) is 59.7 Å². The second-order valence-corrected chi connectivity index (χ2v) is 12.1. The fourth-order valence-electron chi connectivity index (χ4n) is 6.33. The number of carbonyl (C=O) groups excluding carboxylic acids is 2. The summed E-state index contributed by atoms with van der Waals surface area (Å²) in [5.41, 5.74) is 1.47. The molecule has 3 atom stereocenters. The van der Waals surface area contributed by atoms with Gasteiger partial charge in [-0.25, -0.2) is 0 Å². The van der Waals surface area contributed by atoms with E-state index in [1.807, 2.05) is 24.3 Å². The number of rotatable bonds is 19. The number of fused-ring (bicyclic) bond motifs is 1. The van der Waals surface area contributed by atoms with Crippen molar-refractivity contribution in [1.82, 2.24) is 10.2 Å². The van der Waals surface area contributed by atoms with E-state index >= 15 is 0 Å². The number of nitrogens with zero attached hydrogens (tertiary/aromatic N) is 1. The zero-order valence-corrected chi connectivity index (χ0v) is 25.7. The number of unbranched alkanes of at least 4 members (excludes halogenated alkanes) is 5. The minimum atomic E-state index is -0.806. The Balaban J connectivity index is 1.25. The minimum absolute atomic E-state index is 0.0493. The fraction of sp³-hybridized carbons (Fsp3) is 0.600. The fourth-order valence-corrected chi connectivity index (χ4v) is 6.33. The lowest BCUT2D eigenvalue weighted by Crippen LogP contribution is -2.49. The topological polar surface area (TPSA) is 88.1 Å². The monoisotopic (exact) mass is 578 g/mol. The molecule has 1 saturated carbocycles. The molecule has 5 rings (SSSR count). The van der Waals surface area contributed by atoms with Crippen molar-refractivity contribution in [2.45, 2.75) is 109 Å². The molecular formula is C35H50N2O5. The van der Waals surface area contributed by atoms with Gasteiger partial charge in [0.1, 0.15) is 17.6 Å². The molecule has 1 aliphatic carbocycles. The molecule has 2 bridgehead atoms. The Morgan fingerprint density at radius 3 is 2.24 bits per heavy atom. The van der Waals surface area contributed by atoms with Crippen LogP contribution in [-0.4, -0.2) is 60.1 Å². The third-order valence-corrected chi connectivity index (χ3v) is 9.17. The standard InChI is InChI=1S/C35H50N2O5/c1-4-5-6-10-21-42-31-19-15-27(16-20-31)35(40)32(24-37-25(2)28-22-29(37)23-28)36-34(39)12-9-7-8-11-33(38)26-13-17-30(41-3)18-14-26/h13-20,25,28-29,32,35,40H,4-12,21-24H2,1-3H3,(H,36,39)/t25?,28?,29?,32-,35-/m1/s1. The molecule has 2 aliphatic heterocycles. The number of benzene rings is 2. The summed E-state index contributed by atoms with van der Waals surface area (Å²) >= 11 is 0. The normalized spacial score (nSPS) is 20.9. The Labute approximate surface area is 252 Å². The molecule has 2 aromatic carbocycles.